The van der Waals surface area contributed by atoms with E-state index >= 15 is 0 Å². The number of benzene rings is 1. The molecule has 0 radical (unpaired) electrons. The molecule has 0 aliphatic carbocycles. The van der Waals surface area contributed by atoms with E-state index in [0.29, 0.717) is 11.5 Å². The summed E-state index contributed by atoms with van der Waals surface area (Å²) in [7, 11) is 0. The highest BCUT2D eigenvalue weighted by molar-refractivity contribution is 5.83. The zero-order valence-corrected chi connectivity index (χ0v) is 14.1. The molecule has 1 aromatic carbocycles. The van der Waals surface area contributed by atoms with Gasteiger partial charge in [-0.1, -0.05) is 0 Å². The van der Waals surface area contributed by atoms with E-state index in [2.05, 4.69) is 20.5 Å². The lowest BCUT2D eigenvalue weighted by atomic mass is 10.1. The van der Waals surface area contributed by atoms with Gasteiger partial charge in [-0.25, -0.2) is 4.98 Å². The van der Waals surface area contributed by atoms with Gasteiger partial charge in [0, 0.05) is 23.7 Å². The Morgan fingerprint density at radius 1 is 1.31 bits per heavy atom. The molecule has 0 saturated carbocycles. The van der Waals surface area contributed by atoms with Crippen molar-refractivity contribution in [3.63, 3.8) is 0 Å². The zero-order valence-electron chi connectivity index (χ0n) is 14.1. The quantitative estimate of drug-likeness (QED) is 0.486. The van der Waals surface area contributed by atoms with Crippen LogP contribution in [0.1, 0.15) is 19.3 Å². The summed E-state index contributed by atoms with van der Waals surface area (Å²) >= 11 is 0. The van der Waals surface area contributed by atoms with Crippen LogP contribution >= 0.6 is 0 Å². The summed E-state index contributed by atoms with van der Waals surface area (Å²) in [5.74, 6) is 0.850. The summed E-state index contributed by atoms with van der Waals surface area (Å²) < 4.78 is 0. The van der Waals surface area contributed by atoms with Crippen molar-refractivity contribution in [2.75, 3.05) is 16.8 Å². The second-order valence-electron chi connectivity index (χ2n) is 6.35. The Hall–Kier alpha value is -3.20. The van der Waals surface area contributed by atoms with Gasteiger partial charge in [0.1, 0.15) is 5.82 Å². The molecule has 1 aliphatic heterocycles. The number of nitrogens with one attached hydrogen (secondary N) is 2. The van der Waals surface area contributed by atoms with Crippen molar-refractivity contribution in [2.24, 2.45) is 5.73 Å². The maximum atomic E-state index is 11.4. The van der Waals surface area contributed by atoms with Crippen molar-refractivity contribution in [3.05, 3.63) is 46.6 Å². The lowest BCUT2D eigenvalue weighted by Gasteiger charge is -2.34. The monoisotopic (exact) mass is 353 g/mol. The molecule has 3 heterocycles. The second kappa shape index (κ2) is 6.60. The highest BCUT2D eigenvalue weighted by atomic mass is 16.6. The Morgan fingerprint density at radius 3 is 3.00 bits per heavy atom. The molecule has 1 fully saturated rings. The molecule has 4 rings (SSSR count). The molecule has 9 nitrogen and oxygen atoms in total. The Kier molecular flexibility index (Phi) is 4.13. The Bertz CT molecular complexity index is 955. The number of nitro groups is 1. The number of anilines is 3. The smallest absolute Gasteiger partial charge is 0.311 e. The maximum Gasteiger partial charge on any atom is 0.311 e. The molecule has 4 N–H and O–H groups in total. The fraction of sp³-hybridized carbons (Fsp3) is 0.294. The molecular formula is C17H19N7O2. The number of hydrogen-bond acceptors (Lipinski definition) is 7. The molecule has 9 heteroatoms. The molecule has 0 spiro atoms. The van der Waals surface area contributed by atoms with E-state index in [9.17, 15) is 10.1 Å². The van der Waals surface area contributed by atoms with Gasteiger partial charge in [-0.2, -0.15) is 5.10 Å². The first-order valence-corrected chi connectivity index (χ1v) is 8.49. The standard InChI is InChI=1S/C17H19N7O2/c18-15-3-1-2-8-23(15)16-7-6-14(24(25)26)17(21-16)20-12-4-5-13-11(9-12)10-19-22-13/h4-7,9-10,15H,1-3,8,18H2,(H,19,22)(H,20,21). The van der Waals surface area contributed by atoms with Gasteiger partial charge in [0.2, 0.25) is 5.82 Å². The Labute approximate surface area is 149 Å². The minimum Gasteiger partial charge on any atom is -0.341 e. The molecule has 0 amide bonds. The highest BCUT2D eigenvalue weighted by Crippen LogP contribution is 2.31. The SMILES string of the molecule is NC1CCCCN1c1ccc([N+](=O)[O-])c(Nc2ccc3[nH]ncc3c2)n1. The molecule has 2 aromatic heterocycles. The number of hydrogen-bond donors (Lipinski definition) is 3. The molecule has 1 unspecified atom stereocenters. The topological polar surface area (TPSA) is 126 Å². The van der Waals surface area contributed by atoms with E-state index in [4.69, 9.17) is 5.73 Å². The zero-order chi connectivity index (χ0) is 18.1. The van der Waals surface area contributed by atoms with E-state index in [1.165, 1.54) is 6.07 Å². The van der Waals surface area contributed by atoms with Crippen molar-refractivity contribution in [1.82, 2.24) is 15.2 Å². The predicted molar refractivity (Wildman–Crippen MR) is 99.4 cm³/mol. The molecule has 134 valence electrons. The molecule has 1 aliphatic rings. The minimum atomic E-state index is -0.439. The summed E-state index contributed by atoms with van der Waals surface area (Å²) in [6, 6.07) is 8.69. The van der Waals surface area contributed by atoms with E-state index < -0.39 is 4.92 Å². The number of H-pyrrole nitrogens is 1. The van der Waals surface area contributed by atoms with Gasteiger partial charge in [0.25, 0.3) is 0 Å². The van der Waals surface area contributed by atoms with Crippen LogP contribution in [0.2, 0.25) is 0 Å². The molecule has 26 heavy (non-hydrogen) atoms. The second-order valence-corrected chi connectivity index (χ2v) is 6.35. The number of nitrogens with two attached hydrogens (primary N) is 1. The Morgan fingerprint density at radius 2 is 2.19 bits per heavy atom. The number of aromatic nitrogens is 3. The van der Waals surface area contributed by atoms with Crippen LogP contribution < -0.4 is 16.0 Å². The Balaban J connectivity index is 1.69. The number of pyridine rings is 1. The van der Waals surface area contributed by atoms with Crippen LogP contribution in [0.4, 0.5) is 23.0 Å². The third-order valence-electron chi connectivity index (χ3n) is 4.60. The van der Waals surface area contributed by atoms with Gasteiger partial charge in [-0.05, 0) is 43.5 Å². The van der Waals surface area contributed by atoms with Gasteiger partial charge in [0.05, 0.1) is 22.8 Å². The first-order valence-electron chi connectivity index (χ1n) is 8.49. The van der Waals surface area contributed by atoms with Crippen molar-refractivity contribution in [2.45, 2.75) is 25.4 Å². The largest absolute Gasteiger partial charge is 0.341 e. The molecule has 3 aromatic rings. The number of aromatic amines is 1. The number of rotatable bonds is 4. The first kappa shape index (κ1) is 16.3. The lowest BCUT2D eigenvalue weighted by molar-refractivity contribution is -0.384. The van der Waals surface area contributed by atoms with E-state index in [0.717, 1.165) is 36.7 Å². The van der Waals surface area contributed by atoms with E-state index in [-0.39, 0.29) is 17.7 Å². The van der Waals surface area contributed by atoms with Crippen molar-refractivity contribution in [3.8, 4) is 0 Å². The normalized spacial score (nSPS) is 17.4. The highest BCUT2D eigenvalue weighted by Gasteiger charge is 2.23. The van der Waals surface area contributed by atoms with Gasteiger partial charge < -0.3 is 16.0 Å². The van der Waals surface area contributed by atoms with Gasteiger partial charge in [-0.3, -0.25) is 15.2 Å². The molecular weight excluding hydrogens is 334 g/mol. The van der Waals surface area contributed by atoms with Gasteiger partial charge in [0.15, 0.2) is 0 Å². The van der Waals surface area contributed by atoms with Crippen LogP contribution in [0.3, 0.4) is 0 Å². The van der Waals surface area contributed by atoms with Crippen LogP contribution in [0.15, 0.2) is 36.5 Å². The average Bonchev–Trinajstić information content (AvgIpc) is 3.09. The summed E-state index contributed by atoms with van der Waals surface area (Å²) in [5, 5.41) is 22.2. The summed E-state index contributed by atoms with van der Waals surface area (Å²) in [5.41, 5.74) is 7.70. The van der Waals surface area contributed by atoms with E-state index in [1.807, 2.05) is 23.1 Å². The van der Waals surface area contributed by atoms with Crippen molar-refractivity contribution in [1.29, 1.82) is 0 Å². The van der Waals surface area contributed by atoms with Gasteiger partial charge >= 0.3 is 5.69 Å². The minimum absolute atomic E-state index is 0.0772. The van der Waals surface area contributed by atoms with Crippen molar-refractivity contribution < 1.29 is 4.92 Å². The first-order chi connectivity index (χ1) is 12.6. The van der Waals surface area contributed by atoms with Crippen LogP contribution in [0.5, 0.6) is 0 Å². The predicted octanol–water partition coefficient (Wildman–Crippen LogP) is 2.88. The number of piperidine rings is 1. The number of nitrogens with zero attached hydrogens (tertiary/aromatic N) is 4. The third-order valence-corrected chi connectivity index (χ3v) is 4.60. The average molecular weight is 353 g/mol. The fourth-order valence-electron chi connectivity index (χ4n) is 3.24. The van der Waals surface area contributed by atoms with Crippen LogP contribution in [-0.4, -0.2) is 32.8 Å². The molecule has 0 bridgehead atoms. The van der Waals surface area contributed by atoms with Crippen LogP contribution in [-0.2, 0) is 0 Å². The van der Waals surface area contributed by atoms with Crippen LogP contribution in [0, 0.1) is 10.1 Å². The summed E-state index contributed by atoms with van der Waals surface area (Å²) in [6.45, 7) is 0.798. The molecule has 1 saturated heterocycles. The number of fused-ring (bicyclic) bond motifs is 1. The van der Waals surface area contributed by atoms with Gasteiger partial charge in [-0.15, -0.1) is 0 Å². The van der Waals surface area contributed by atoms with Crippen molar-refractivity contribution >= 4 is 33.9 Å². The maximum absolute atomic E-state index is 11.4. The van der Waals surface area contributed by atoms with E-state index in [1.54, 1.807) is 12.3 Å². The summed E-state index contributed by atoms with van der Waals surface area (Å²) in [4.78, 5) is 17.5. The fourth-order valence-corrected chi connectivity index (χ4v) is 3.24. The third kappa shape index (κ3) is 3.04. The molecule has 1 atom stereocenters. The summed E-state index contributed by atoms with van der Waals surface area (Å²) in [6.07, 6.45) is 4.59. The van der Waals surface area contributed by atoms with Crippen LogP contribution in [0.25, 0.3) is 10.9 Å². The lowest BCUT2D eigenvalue weighted by Crippen LogP contribution is -2.46.